The maximum absolute atomic E-state index is 14.1. The van der Waals surface area contributed by atoms with E-state index in [-0.39, 0.29) is 11.6 Å². The maximum atomic E-state index is 14.1. The number of piperidine rings is 1. The minimum Gasteiger partial charge on any atom is -0.480 e. The molecule has 37 heavy (non-hydrogen) atoms. The number of aliphatic carboxylic acids is 1. The van der Waals surface area contributed by atoms with E-state index in [1.807, 2.05) is 28.8 Å². The van der Waals surface area contributed by atoms with Crippen LogP contribution in [0.15, 0.2) is 29.1 Å². The zero-order chi connectivity index (χ0) is 25.1. The number of fused-ring (bicyclic) bond motifs is 5. The van der Waals surface area contributed by atoms with Crippen molar-refractivity contribution >= 4 is 22.8 Å². The number of carboxylic acids is 1. The van der Waals surface area contributed by atoms with Crippen LogP contribution in [-0.4, -0.2) is 69.5 Å². The van der Waals surface area contributed by atoms with Gasteiger partial charge in [0.05, 0.1) is 24.2 Å². The Balaban J connectivity index is 1.24. The van der Waals surface area contributed by atoms with Crippen molar-refractivity contribution < 1.29 is 14.6 Å². The van der Waals surface area contributed by atoms with Gasteiger partial charge in [0, 0.05) is 30.7 Å². The van der Waals surface area contributed by atoms with Gasteiger partial charge in [-0.3, -0.25) is 9.69 Å². The van der Waals surface area contributed by atoms with E-state index in [0.29, 0.717) is 36.9 Å². The van der Waals surface area contributed by atoms with E-state index in [9.17, 15) is 14.7 Å². The highest BCUT2D eigenvalue weighted by atomic mass is 16.5. The number of morpholine rings is 1. The molecule has 1 aromatic heterocycles. The number of benzene rings is 1. The quantitative estimate of drug-likeness (QED) is 0.674. The fraction of sp³-hybridized carbons (Fsp3) is 0.690. The van der Waals surface area contributed by atoms with Crippen LogP contribution in [0.1, 0.15) is 70.3 Å². The fourth-order valence-corrected chi connectivity index (χ4v) is 8.63. The third-order valence-corrected chi connectivity index (χ3v) is 10.0. The van der Waals surface area contributed by atoms with Crippen LogP contribution in [0, 0.1) is 11.8 Å². The van der Waals surface area contributed by atoms with Crippen molar-refractivity contribution in [2.24, 2.45) is 11.8 Å². The molecular formula is C29H38N4O4. The van der Waals surface area contributed by atoms with Gasteiger partial charge in [-0.15, -0.1) is 0 Å². The summed E-state index contributed by atoms with van der Waals surface area (Å²) in [5.41, 5.74) is 1.47. The lowest BCUT2D eigenvalue weighted by molar-refractivity contribution is -0.138. The van der Waals surface area contributed by atoms with Gasteiger partial charge in [-0.25, -0.2) is 9.78 Å². The summed E-state index contributed by atoms with van der Waals surface area (Å²) in [5, 5.41) is 9.79. The van der Waals surface area contributed by atoms with Gasteiger partial charge >= 0.3 is 5.97 Å². The molecular weight excluding hydrogens is 468 g/mol. The summed E-state index contributed by atoms with van der Waals surface area (Å²) >= 11 is 0. The Morgan fingerprint density at radius 1 is 0.892 bits per heavy atom. The second-order valence-corrected chi connectivity index (χ2v) is 12.2. The highest BCUT2D eigenvalue weighted by Gasteiger charge is 2.46. The van der Waals surface area contributed by atoms with E-state index in [1.54, 1.807) is 4.90 Å². The predicted molar refractivity (Wildman–Crippen MR) is 141 cm³/mol. The van der Waals surface area contributed by atoms with Crippen LogP contribution >= 0.6 is 0 Å². The summed E-state index contributed by atoms with van der Waals surface area (Å²) in [7, 11) is 0. The third-order valence-electron chi connectivity index (χ3n) is 10.0. The van der Waals surface area contributed by atoms with Crippen molar-refractivity contribution in [2.75, 3.05) is 24.7 Å². The van der Waals surface area contributed by atoms with Crippen LogP contribution in [0.2, 0.25) is 0 Å². The Hall–Kier alpha value is -2.45. The Morgan fingerprint density at radius 3 is 2.35 bits per heavy atom. The molecule has 1 aromatic carbocycles. The van der Waals surface area contributed by atoms with Crippen LogP contribution in [0.5, 0.6) is 0 Å². The fourth-order valence-electron chi connectivity index (χ4n) is 8.63. The monoisotopic (exact) mass is 506 g/mol. The van der Waals surface area contributed by atoms with Crippen molar-refractivity contribution in [1.82, 2.24) is 14.5 Å². The molecule has 0 spiro atoms. The molecule has 198 valence electrons. The highest BCUT2D eigenvalue weighted by molar-refractivity contribution is 5.80. The number of hydrogen-bond acceptors (Lipinski definition) is 6. The van der Waals surface area contributed by atoms with Gasteiger partial charge in [-0.05, 0) is 68.9 Å². The van der Waals surface area contributed by atoms with Crippen LogP contribution in [0.25, 0.3) is 11.0 Å². The van der Waals surface area contributed by atoms with Gasteiger partial charge in [0.25, 0.3) is 5.56 Å². The lowest BCUT2D eigenvalue weighted by Crippen LogP contribution is -2.62. The molecule has 0 amide bonds. The zero-order valence-electron chi connectivity index (χ0n) is 21.5. The molecule has 7 rings (SSSR count). The van der Waals surface area contributed by atoms with Gasteiger partial charge in [-0.2, -0.15) is 0 Å². The Bertz CT molecular complexity index is 1220. The number of para-hydroxylation sites is 2. The average molecular weight is 507 g/mol. The van der Waals surface area contributed by atoms with Gasteiger partial charge in [-0.1, -0.05) is 31.4 Å². The minimum absolute atomic E-state index is 0.0586. The number of carbonyl (C=O) groups is 1. The van der Waals surface area contributed by atoms with E-state index < -0.39 is 12.0 Å². The zero-order valence-corrected chi connectivity index (χ0v) is 21.5. The number of aromatic nitrogens is 2. The molecule has 0 radical (unpaired) electrons. The number of ether oxygens (including phenoxy) is 1. The van der Waals surface area contributed by atoms with Crippen molar-refractivity contribution in [2.45, 2.75) is 94.4 Å². The molecule has 1 N–H and O–H groups in total. The summed E-state index contributed by atoms with van der Waals surface area (Å²) < 4.78 is 8.05. The van der Waals surface area contributed by atoms with Gasteiger partial charge < -0.3 is 19.3 Å². The molecule has 7 atom stereocenters. The maximum Gasteiger partial charge on any atom is 0.326 e. The Kier molecular flexibility index (Phi) is 6.00. The van der Waals surface area contributed by atoms with Crippen LogP contribution in [-0.2, 0) is 9.53 Å². The number of rotatable bonds is 4. The molecule has 5 aliphatic rings. The van der Waals surface area contributed by atoms with Crippen molar-refractivity contribution in [1.29, 1.82) is 0 Å². The summed E-state index contributed by atoms with van der Waals surface area (Å²) in [6.07, 6.45) is 11.3. The van der Waals surface area contributed by atoms with E-state index in [2.05, 4.69) is 4.90 Å². The molecule has 4 bridgehead atoms. The molecule has 2 aliphatic carbocycles. The molecule has 2 aromatic rings. The second kappa shape index (κ2) is 9.38. The predicted octanol–water partition coefficient (Wildman–Crippen LogP) is 3.82. The minimum atomic E-state index is -0.879. The summed E-state index contributed by atoms with van der Waals surface area (Å²) in [6, 6.07) is 8.51. The third kappa shape index (κ3) is 4.07. The summed E-state index contributed by atoms with van der Waals surface area (Å²) in [4.78, 5) is 35.3. The molecule has 8 nitrogen and oxygen atoms in total. The van der Waals surface area contributed by atoms with Gasteiger partial charge in [0.2, 0.25) is 0 Å². The lowest BCUT2D eigenvalue weighted by atomic mass is 9.69. The molecule has 8 heteroatoms. The first-order chi connectivity index (χ1) is 18.1. The largest absolute Gasteiger partial charge is 0.480 e. The number of carboxylic acid groups (broad SMARTS) is 1. The second-order valence-electron chi connectivity index (χ2n) is 12.2. The molecule has 2 saturated carbocycles. The Labute approximate surface area is 217 Å². The average Bonchev–Trinajstić information content (AvgIpc) is 3.38. The van der Waals surface area contributed by atoms with E-state index in [0.717, 1.165) is 55.3 Å². The van der Waals surface area contributed by atoms with Crippen LogP contribution in [0.4, 0.5) is 5.82 Å². The topological polar surface area (TPSA) is 87.9 Å². The Morgan fingerprint density at radius 2 is 1.62 bits per heavy atom. The van der Waals surface area contributed by atoms with E-state index in [4.69, 9.17) is 9.72 Å². The highest BCUT2D eigenvalue weighted by Crippen LogP contribution is 2.45. The smallest absolute Gasteiger partial charge is 0.326 e. The van der Waals surface area contributed by atoms with Crippen LogP contribution < -0.4 is 10.5 Å². The number of anilines is 1. The first-order valence-corrected chi connectivity index (χ1v) is 14.4. The van der Waals surface area contributed by atoms with Crippen molar-refractivity contribution in [3.8, 4) is 0 Å². The number of hydrogen-bond donors (Lipinski definition) is 1. The molecule has 5 fully saturated rings. The molecule has 3 saturated heterocycles. The van der Waals surface area contributed by atoms with Crippen LogP contribution in [0.3, 0.4) is 0 Å². The van der Waals surface area contributed by atoms with Crippen molar-refractivity contribution in [3.05, 3.63) is 34.6 Å². The summed E-state index contributed by atoms with van der Waals surface area (Å²) in [5.74, 6) is 1.19. The van der Waals surface area contributed by atoms with Crippen molar-refractivity contribution in [3.63, 3.8) is 0 Å². The van der Waals surface area contributed by atoms with E-state index in [1.165, 1.54) is 38.5 Å². The molecule has 3 aliphatic heterocycles. The van der Waals surface area contributed by atoms with Gasteiger partial charge in [0.15, 0.2) is 5.82 Å². The standard InChI is InChI=1S/C29H38N4O4/c34-28-27(31-10-4-9-26(31)29(35)36)30-24-7-1-2-8-25(24)33(28)21-14-22-16-37-17-23(15-21)32(22)20-12-18-5-3-6-19(11-18)13-20/h1-2,7-8,18-23,26H,3-6,9-17H2,(H,35,36)/t18-,19+,20?,21?,22-,23+,26-/m0/s1. The normalized spacial score (nSPS) is 36.1. The molecule has 4 heterocycles. The SMILES string of the molecule is O=C(O)[C@@H]1CCCN1c1nc2ccccc2n(C2C[C@H]3COC[C@@H](C2)N3C2C[C@H]3CCC[C@@H](C2)C3)c1=O. The molecule has 2 unspecified atom stereocenters. The first kappa shape index (κ1) is 23.7. The van der Waals surface area contributed by atoms with E-state index >= 15 is 0 Å². The van der Waals surface area contributed by atoms with Gasteiger partial charge in [0.1, 0.15) is 6.04 Å². The first-order valence-electron chi connectivity index (χ1n) is 14.4. The summed E-state index contributed by atoms with van der Waals surface area (Å²) in [6.45, 7) is 2.02. The number of nitrogens with zero attached hydrogens (tertiary/aromatic N) is 4. The lowest BCUT2D eigenvalue weighted by Gasteiger charge is -2.55.